The molecule has 7 nitrogen and oxygen atoms in total. The van der Waals surface area contributed by atoms with Gasteiger partial charge in [0.1, 0.15) is 12.4 Å². The van der Waals surface area contributed by atoms with Gasteiger partial charge in [-0.05, 0) is 13.0 Å². The Balaban J connectivity index is 1.77. The van der Waals surface area contributed by atoms with E-state index in [1.807, 2.05) is 12.1 Å². The monoisotopic (exact) mass is 352 g/mol. The topological polar surface area (TPSA) is 113 Å². The largest absolute Gasteiger partial charge is 0.491 e. The molecule has 2 aliphatic rings. The Morgan fingerprint density at radius 1 is 1.54 bits per heavy atom. The van der Waals surface area contributed by atoms with E-state index in [1.165, 1.54) is 16.7 Å². The van der Waals surface area contributed by atoms with Crippen LogP contribution < -0.4 is 10.5 Å². The van der Waals surface area contributed by atoms with Crippen LogP contribution in [0.5, 0.6) is 5.75 Å². The smallest absolute Gasteiger partial charge is 0.325 e. The normalized spacial score (nSPS) is 29.8. The lowest BCUT2D eigenvalue weighted by molar-refractivity contribution is -0.156. The molecular weight excluding hydrogens is 332 g/mol. The number of hydrogen-bond acceptors (Lipinski definition) is 6. The fraction of sp³-hybridized carbons (Fsp3) is 0.500. The Hall–Kier alpha value is -1.77. The number of carbonyl (C=O) groups is 2. The highest BCUT2D eigenvalue weighted by atomic mass is 32.2. The van der Waals surface area contributed by atoms with E-state index < -0.39 is 22.7 Å². The molecular formula is C16H20N2O5S. The Morgan fingerprint density at radius 3 is 2.88 bits per heavy atom. The Kier molecular flexibility index (Phi) is 4.46. The number of nitrogens with zero attached hydrogens (tertiary/aromatic N) is 1. The summed E-state index contributed by atoms with van der Waals surface area (Å²) < 4.78 is 4.51. The molecule has 1 amide bonds. The van der Waals surface area contributed by atoms with Gasteiger partial charge in [-0.3, -0.25) is 9.59 Å². The number of benzene rings is 1. The molecule has 4 atom stereocenters. The number of aliphatic hydroxyl groups is 1. The van der Waals surface area contributed by atoms with Crippen LogP contribution in [0.3, 0.4) is 0 Å². The third-order valence-corrected chi connectivity index (χ3v) is 6.18. The summed E-state index contributed by atoms with van der Waals surface area (Å²) in [6.07, 6.45) is -0.797. The summed E-state index contributed by atoms with van der Waals surface area (Å²) in [7, 11) is 0. The first-order valence-corrected chi connectivity index (χ1v) is 8.58. The van der Waals surface area contributed by atoms with Crippen LogP contribution in [-0.4, -0.2) is 56.4 Å². The molecule has 130 valence electrons. The predicted molar refractivity (Wildman–Crippen MR) is 88.5 cm³/mol. The number of nitrogens with two attached hydrogens (primary N) is 1. The second-order valence-electron chi connectivity index (χ2n) is 6.14. The van der Waals surface area contributed by atoms with E-state index >= 15 is 0 Å². The average molecular weight is 352 g/mol. The molecule has 2 fully saturated rings. The van der Waals surface area contributed by atoms with Crippen molar-refractivity contribution < 1.29 is 24.5 Å². The first-order valence-electron chi connectivity index (χ1n) is 7.70. The van der Waals surface area contributed by atoms with Crippen molar-refractivity contribution in [3.05, 3.63) is 29.8 Å². The second-order valence-corrected chi connectivity index (χ2v) is 7.64. The molecule has 0 bridgehead atoms. The molecule has 3 rings (SSSR count). The van der Waals surface area contributed by atoms with E-state index in [1.54, 1.807) is 19.1 Å². The molecule has 4 N–H and O–H groups in total. The lowest BCUT2D eigenvalue weighted by atomic mass is 9.92. The average Bonchev–Trinajstić information content (AvgIpc) is 2.89. The summed E-state index contributed by atoms with van der Waals surface area (Å²) in [5, 5.41) is 19.1. The van der Waals surface area contributed by atoms with E-state index in [0.717, 1.165) is 5.56 Å². The minimum atomic E-state index is -1.24. The number of hydrogen-bond donors (Lipinski definition) is 3. The maximum Gasteiger partial charge on any atom is 0.325 e. The van der Waals surface area contributed by atoms with Crippen molar-refractivity contribution in [1.29, 1.82) is 0 Å². The number of aliphatic hydroxyl groups excluding tert-OH is 1. The minimum absolute atomic E-state index is 0.0726. The van der Waals surface area contributed by atoms with Gasteiger partial charge in [-0.2, -0.15) is 0 Å². The Labute approximate surface area is 143 Å². The van der Waals surface area contributed by atoms with Crippen molar-refractivity contribution in [2.45, 2.75) is 29.7 Å². The standard InChI is InChI=1S/C16H20N2O5S/c1-9(19)12-13(20)18-7-16(15(21)22,24-14(12)18)8-23-11-5-3-2-4-10(11)6-17/h2-5,9,12,14,19H,6-8,17H2,1H3,(H,21,22)/t9-,12+,14-,16?/m1/s1. The maximum atomic E-state index is 12.1. The quantitative estimate of drug-likeness (QED) is 0.629. The Bertz CT molecular complexity index is 668. The molecule has 0 spiro atoms. The molecule has 1 aromatic rings. The van der Waals surface area contributed by atoms with E-state index in [0.29, 0.717) is 12.3 Å². The molecule has 24 heavy (non-hydrogen) atoms. The van der Waals surface area contributed by atoms with Crippen molar-refractivity contribution in [2.75, 3.05) is 13.2 Å². The van der Waals surface area contributed by atoms with Crippen LogP contribution in [0.1, 0.15) is 12.5 Å². The van der Waals surface area contributed by atoms with Crippen LogP contribution in [0.2, 0.25) is 0 Å². The van der Waals surface area contributed by atoms with E-state index in [4.69, 9.17) is 10.5 Å². The van der Waals surface area contributed by atoms with Crippen molar-refractivity contribution >= 4 is 23.6 Å². The number of rotatable bonds is 6. The SMILES string of the molecule is C[C@@H](O)[C@H]1C(=O)N2CC(COc3ccccc3CN)(C(=O)O)S[C@H]12. The molecule has 0 radical (unpaired) electrons. The molecule has 1 unspecified atom stereocenters. The zero-order valence-electron chi connectivity index (χ0n) is 13.2. The number of ether oxygens (including phenoxy) is 1. The molecule has 2 aliphatic heterocycles. The molecule has 8 heteroatoms. The van der Waals surface area contributed by atoms with Crippen molar-refractivity contribution in [2.24, 2.45) is 11.7 Å². The number of carbonyl (C=O) groups excluding carboxylic acids is 1. The molecule has 0 saturated carbocycles. The van der Waals surface area contributed by atoms with Gasteiger partial charge in [0.25, 0.3) is 0 Å². The summed E-state index contributed by atoms with van der Waals surface area (Å²) in [5.41, 5.74) is 6.46. The molecule has 1 aromatic carbocycles. The zero-order valence-corrected chi connectivity index (χ0v) is 14.0. The van der Waals surface area contributed by atoms with E-state index in [-0.39, 0.29) is 24.4 Å². The van der Waals surface area contributed by atoms with Gasteiger partial charge in [0.15, 0.2) is 4.75 Å². The van der Waals surface area contributed by atoms with E-state index in [9.17, 15) is 19.8 Å². The zero-order chi connectivity index (χ0) is 17.5. The lowest BCUT2D eigenvalue weighted by Crippen LogP contribution is -2.60. The van der Waals surface area contributed by atoms with Crippen LogP contribution >= 0.6 is 11.8 Å². The van der Waals surface area contributed by atoms with Gasteiger partial charge in [0.05, 0.1) is 23.9 Å². The number of carboxylic acid groups (broad SMARTS) is 1. The van der Waals surface area contributed by atoms with Crippen molar-refractivity contribution in [1.82, 2.24) is 4.90 Å². The fourth-order valence-corrected chi connectivity index (χ4v) is 4.81. The van der Waals surface area contributed by atoms with Gasteiger partial charge < -0.3 is 25.6 Å². The number of thioether (sulfide) groups is 1. The third kappa shape index (κ3) is 2.64. The van der Waals surface area contributed by atoms with Crippen LogP contribution in [-0.2, 0) is 16.1 Å². The minimum Gasteiger partial charge on any atom is -0.491 e. The first kappa shape index (κ1) is 17.1. The number of amides is 1. The highest BCUT2D eigenvalue weighted by Crippen LogP contribution is 2.50. The third-order valence-electron chi connectivity index (χ3n) is 4.52. The summed E-state index contributed by atoms with van der Waals surface area (Å²) in [6.45, 7) is 1.84. The molecule has 2 saturated heterocycles. The molecule has 2 heterocycles. The van der Waals surface area contributed by atoms with Crippen LogP contribution in [0, 0.1) is 5.92 Å². The van der Waals surface area contributed by atoms with Gasteiger partial charge >= 0.3 is 5.97 Å². The van der Waals surface area contributed by atoms with Crippen LogP contribution in [0.25, 0.3) is 0 Å². The van der Waals surface area contributed by atoms with Gasteiger partial charge in [-0.15, -0.1) is 11.8 Å². The summed E-state index contributed by atoms with van der Waals surface area (Å²) in [4.78, 5) is 25.5. The fourth-order valence-electron chi connectivity index (χ4n) is 3.11. The maximum absolute atomic E-state index is 12.1. The number of carboxylic acids is 1. The summed E-state index contributed by atoms with van der Waals surface area (Å²) >= 11 is 1.18. The van der Waals surface area contributed by atoms with Crippen LogP contribution in [0.15, 0.2) is 24.3 Å². The van der Waals surface area contributed by atoms with Gasteiger partial charge in [-0.25, -0.2) is 0 Å². The number of fused-ring (bicyclic) bond motifs is 1. The van der Waals surface area contributed by atoms with Crippen LogP contribution in [0.4, 0.5) is 0 Å². The highest BCUT2D eigenvalue weighted by molar-refractivity contribution is 8.02. The Morgan fingerprint density at radius 2 is 2.25 bits per heavy atom. The van der Waals surface area contributed by atoms with Gasteiger partial charge in [0, 0.05) is 12.1 Å². The lowest BCUT2D eigenvalue weighted by Gasteiger charge is -2.42. The van der Waals surface area contributed by atoms with Gasteiger partial charge in [-0.1, -0.05) is 18.2 Å². The van der Waals surface area contributed by atoms with E-state index in [2.05, 4.69) is 0 Å². The number of para-hydroxylation sites is 1. The number of aliphatic carboxylic acids is 1. The van der Waals surface area contributed by atoms with Crippen molar-refractivity contribution in [3.63, 3.8) is 0 Å². The molecule has 0 aromatic heterocycles. The number of β-lactam (4-membered cyclic amide) rings is 1. The predicted octanol–water partition coefficient (Wildman–Crippen LogP) is 0.260. The first-order chi connectivity index (χ1) is 11.4. The summed E-state index contributed by atoms with van der Waals surface area (Å²) in [6, 6.07) is 7.20. The molecule has 0 aliphatic carbocycles. The van der Waals surface area contributed by atoms with Crippen molar-refractivity contribution in [3.8, 4) is 5.75 Å². The summed E-state index contributed by atoms with van der Waals surface area (Å²) in [5.74, 6) is -1.22. The highest BCUT2D eigenvalue weighted by Gasteiger charge is 2.63. The second kappa shape index (κ2) is 6.27. The van der Waals surface area contributed by atoms with Gasteiger partial charge in [0.2, 0.25) is 5.91 Å².